The number of hydrogen-bond acceptors (Lipinski definition) is 2. The number of anilines is 1. The van der Waals surface area contributed by atoms with E-state index in [1.807, 2.05) is 0 Å². The molecule has 1 unspecified atom stereocenters. The highest BCUT2D eigenvalue weighted by atomic mass is 14.9. The molecule has 0 radical (unpaired) electrons. The summed E-state index contributed by atoms with van der Waals surface area (Å²) in [7, 11) is 0. The summed E-state index contributed by atoms with van der Waals surface area (Å²) in [5, 5.41) is 7.03. The second-order valence-corrected chi connectivity index (χ2v) is 5.05. The monoisotopic (exact) mass is 218 g/mol. The number of para-hydroxylation sites is 1. The van der Waals surface area contributed by atoms with Crippen molar-refractivity contribution >= 4 is 5.69 Å². The topological polar surface area (TPSA) is 24.1 Å². The Morgan fingerprint density at radius 2 is 2.19 bits per heavy atom. The lowest BCUT2D eigenvalue weighted by Crippen LogP contribution is -2.29. The smallest absolute Gasteiger partial charge is 0.0376 e. The molecule has 0 spiro atoms. The van der Waals surface area contributed by atoms with Crippen molar-refractivity contribution < 1.29 is 0 Å². The zero-order chi connectivity index (χ0) is 11.4. The van der Waals surface area contributed by atoms with Crippen LogP contribution in [0.1, 0.15) is 31.7 Å². The van der Waals surface area contributed by atoms with Crippen LogP contribution in [0.5, 0.6) is 0 Å². The predicted octanol–water partition coefficient (Wildman–Crippen LogP) is 2.83. The van der Waals surface area contributed by atoms with Crippen molar-refractivity contribution in [2.45, 2.75) is 26.2 Å². The van der Waals surface area contributed by atoms with E-state index >= 15 is 0 Å². The maximum atomic E-state index is 3.57. The molecule has 0 aliphatic carbocycles. The minimum atomic E-state index is 0.677. The maximum Gasteiger partial charge on any atom is 0.0376 e. The zero-order valence-corrected chi connectivity index (χ0v) is 10.3. The Balaban J connectivity index is 1.96. The van der Waals surface area contributed by atoms with E-state index in [1.54, 1.807) is 0 Å². The summed E-state index contributed by atoms with van der Waals surface area (Å²) >= 11 is 0. The lowest BCUT2D eigenvalue weighted by molar-refractivity contribution is 0.501. The van der Waals surface area contributed by atoms with Gasteiger partial charge in [-0.05, 0) is 30.5 Å². The van der Waals surface area contributed by atoms with E-state index in [0.29, 0.717) is 5.92 Å². The molecule has 0 fully saturated rings. The normalized spacial score (nSPS) is 19.3. The predicted molar refractivity (Wildman–Crippen MR) is 70.0 cm³/mol. The molecule has 88 valence electrons. The Morgan fingerprint density at radius 3 is 3.00 bits per heavy atom. The number of benzene rings is 1. The molecular weight excluding hydrogens is 196 g/mol. The first-order valence-electron chi connectivity index (χ1n) is 6.31. The Bertz CT molecular complexity index is 333. The molecule has 2 heteroatoms. The van der Waals surface area contributed by atoms with Gasteiger partial charge < -0.3 is 10.6 Å². The SMILES string of the molecule is CC(C)CNCC1CCNc2ccccc21. The lowest BCUT2D eigenvalue weighted by atomic mass is 9.91. The third kappa shape index (κ3) is 2.76. The van der Waals surface area contributed by atoms with Crippen LogP contribution in [0.15, 0.2) is 24.3 Å². The van der Waals surface area contributed by atoms with Crippen LogP contribution in [0.4, 0.5) is 5.69 Å². The maximum absolute atomic E-state index is 3.57. The van der Waals surface area contributed by atoms with E-state index in [1.165, 1.54) is 17.7 Å². The van der Waals surface area contributed by atoms with Crippen LogP contribution in [0.25, 0.3) is 0 Å². The number of hydrogen-bond donors (Lipinski definition) is 2. The fourth-order valence-corrected chi connectivity index (χ4v) is 2.31. The molecule has 0 saturated carbocycles. The summed E-state index contributed by atoms with van der Waals surface area (Å²) in [6.07, 6.45) is 1.24. The second-order valence-electron chi connectivity index (χ2n) is 5.05. The summed E-state index contributed by atoms with van der Waals surface area (Å²) in [4.78, 5) is 0. The molecule has 0 amide bonds. The number of nitrogens with one attached hydrogen (secondary N) is 2. The lowest BCUT2D eigenvalue weighted by Gasteiger charge is -2.27. The molecule has 1 heterocycles. The molecule has 0 saturated heterocycles. The van der Waals surface area contributed by atoms with E-state index in [0.717, 1.165) is 25.6 Å². The molecule has 0 bridgehead atoms. The average Bonchev–Trinajstić information content (AvgIpc) is 2.29. The van der Waals surface area contributed by atoms with Gasteiger partial charge >= 0.3 is 0 Å². The average molecular weight is 218 g/mol. The van der Waals surface area contributed by atoms with E-state index in [2.05, 4.69) is 48.7 Å². The molecule has 2 rings (SSSR count). The van der Waals surface area contributed by atoms with E-state index in [9.17, 15) is 0 Å². The van der Waals surface area contributed by atoms with Crippen molar-refractivity contribution in [3.05, 3.63) is 29.8 Å². The van der Waals surface area contributed by atoms with Crippen LogP contribution in [-0.2, 0) is 0 Å². The van der Waals surface area contributed by atoms with Gasteiger partial charge in [0.15, 0.2) is 0 Å². The van der Waals surface area contributed by atoms with Crippen molar-refractivity contribution in [2.75, 3.05) is 25.0 Å². The quantitative estimate of drug-likeness (QED) is 0.812. The summed E-state index contributed by atoms with van der Waals surface area (Å²) in [5.74, 6) is 1.41. The highest BCUT2D eigenvalue weighted by Gasteiger charge is 2.18. The minimum Gasteiger partial charge on any atom is -0.385 e. The van der Waals surface area contributed by atoms with Crippen LogP contribution in [0.2, 0.25) is 0 Å². The zero-order valence-electron chi connectivity index (χ0n) is 10.3. The van der Waals surface area contributed by atoms with E-state index in [4.69, 9.17) is 0 Å². The molecule has 1 aromatic carbocycles. The van der Waals surface area contributed by atoms with Gasteiger partial charge in [-0.15, -0.1) is 0 Å². The van der Waals surface area contributed by atoms with Crippen molar-refractivity contribution in [3.63, 3.8) is 0 Å². The highest BCUT2D eigenvalue weighted by Crippen LogP contribution is 2.30. The molecule has 1 aliphatic heterocycles. The van der Waals surface area contributed by atoms with Crippen LogP contribution in [0.3, 0.4) is 0 Å². The van der Waals surface area contributed by atoms with Gasteiger partial charge in [-0.25, -0.2) is 0 Å². The van der Waals surface area contributed by atoms with Gasteiger partial charge in [0.05, 0.1) is 0 Å². The van der Waals surface area contributed by atoms with Crippen LogP contribution >= 0.6 is 0 Å². The van der Waals surface area contributed by atoms with Crippen molar-refractivity contribution in [3.8, 4) is 0 Å². The van der Waals surface area contributed by atoms with Gasteiger partial charge in [0.25, 0.3) is 0 Å². The highest BCUT2D eigenvalue weighted by molar-refractivity contribution is 5.54. The van der Waals surface area contributed by atoms with Crippen molar-refractivity contribution in [1.82, 2.24) is 5.32 Å². The van der Waals surface area contributed by atoms with Crippen molar-refractivity contribution in [1.29, 1.82) is 0 Å². The molecular formula is C14H22N2. The van der Waals surface area contributed by atoms with E-state index in [-0.39, 0.29) is 0 Å². The molecule has 2 nitrogen and oxygen atoms in total. The number of fused-ring (bicyclic) bond motifs is 1. The molecule has 1 aliphatic rings. The Hall–Kier alpha value is -1.02. The first kappa shape index (κ1) is 11.5. The molecule has 1 aromatic rings. The first-order chi connectivity index (χ1) is 7.77. The van der Waals surface area contributed by atoms with Crippen LogP contribution < -0.4 is 10.6 Å². The third-order valence-electron chi connectivity index (χ3n) is 3.15. The fourth-order valence-electron chi connectivity index (χ4n) is 2.31. The summed E-state index contributed by atoms with van der Waals surface area (Å²) in [6.45, 7) is 7.83. The minimum absolute atomic E-state index is 0.677. The second kappa shape index (κ2) is 5.35. The largest absolute Gasteiger partial charge is 0.385 e. The van der Waals surface area contributed by atoms with Gasteiger partial charge in [0.2, 0.25) is 0 Å². The van der Waals surface area contributed by atoms with Crippen LogP contribution in [0, 0.1) is 5.92 Å². The molecule has 0 aromatic heterocycles. The van der Waals surface area contributed by atoms with E-state index < -0.39 is 0 Å². The summed E-state index contributed by atoms with van der Waals surface area (Å²) < 4.78 is 0. The van der Waals surface area contributed by atoms with Gasteiger partial charge in [-0.3, -0.25) is 0 Å². The summed E-state index contributed by atoms with van der Waals surface area (Å²) in [6, 6.07) is 8.68. The Kier molecular flexibility index (Phi) is 3.83. The van der Waals surface area contributed by atoms with Gasteiger partial charge in [-0.1, -0.05) is 32.0 Å². The number of rotatable bonds is 4. The molecule has 1 atom stereocenters. The molecule has 2 N–H and O–H groups in total. The fraction of sp³-hybridized carbons (Fsp3) is 0.571. The summed E-state index contributed by atoms with van der Waals surface area (Å²) in [5.41, 5.74) is 2.80. The third-order valence-corrected chi connectivity index (χ3v) is 3.15. The first-order valence-corrected chi connectivity index (χ1v) is 6.31. The Morgan fingerprint density at radius 1 is 1.38 bits per heavy atom. The van der Waals surface area contributed by atoms with Gasteiger partial charge in [0, 0.05) is 24.7 Å². The van der Waals surface area contributed by atoms with Gasteiger partial charge in [-0.2, -0.15) is 0 Å². The van der Waals surface area contributed by atoms with Gasteiger partial charge in [0.1, 0.15) is 0 Å². The standard InChI is InChI=1S/C14H22N2/c1-11(2)9-15-10-12-7-8-16-14-6-4-3-5-13(12)14/h3-6,11-12,15-16H,7-10H2,1-2H3. The Labute approximate surface area is 98.4 Å². The van der Waals surface area contributed by atoms with Crippen molar-refractivity contribution in [2.24, 2.45) is 5.92 Å². The van der Waals surface area contributed by atoms with Crippen LogP contribution in [-0.4, -0.2) is 19.6 Å². The molecule has 16 heavy (non-hydrogen) atoms.